The molecule has 0 bridgehead atoms. The number of carbonyl (C=O) groups is 1. The summed E-state index contributed by atoms with van der Waals surface area (Å²) in [6.45, 7) is 3.82. The number of carboxylic acids is 1. The Morgan fingerprint density at radius 2 is 2.31 bits per heavy atom. The Hall–Kier alpha value is -1.52. The minimum Gasteiger partial charge on any atom is -0.477 e. The van der Waals surface area contributed by atoms with Crippen molar-refractivity contribution in [1.29, 1.82) is 0 Å². The molecule has 0 fully saturated rings. The van der Waals surface area contributed by atoms with Gasteiger partial charge in [0.05, 0.1) is 6.20 Å². The molecule has 0 saturated heterocycles. The van der Waals surface area contributed by atoms with Gasteiger partial charge in [-0.15, -0.1) is 0 Å². The SMILES string of the molecule is CNc1ncc(C(=O)O)n1C(C)C. The highest BCUT2D eigenvalue weighted by Crippen LogP contribution is 2.16. The Balaban J connectivity index is 3.22. The number of hydrogen-bond acceptors (Lipinski definition) is 3. The van der Waals surface area contributed by atoms with Gasteiger partial charge < -0.3 is 15.0 Å². The summed E-state index contributed by atoms with van der Waals surface area (Å²) < 4.78 is 1.64. The lowest BCUT2D eigenvalue weighted by Gasteiger charge is -2.12. The first kappa shape index (κ1) is 9.57. The van der Waals surface area contributed by atoms with Crippen LogP contribution in [0.3, 0.4) is 0 Å². The second-order valence-electron chi connectivity index (χ2n) is 2.99. The van der Waals surface area contributed by atoms with Gasteiger partial charge in [-0.3, -0.25) is 0 Å². The zero-order valence-corrected chi connectivity index (χ0v) is 7.90. The zero-order chi connectivity index (χ0) is 10.0. The van der Waals surface area contributed by atoms with Crippen LogP contribution < -0.4 is 5.32 Å². The topological polar surface area (TPSA) is 67.2 Å². The van der Waals surface area contributed by atoms with Crippen LogP contribution in [0.1, 0.15) is 30.4 Å². The third kappa shape index (κ3) is 1.63. The number of aromatic carboxylic acids is 1. The van der Waals surface area contributed by atoms with Gasteiger partial charge in [0, 0.05) is 13.1 Å². The summed E-state index contributed by atoms with van der Waals surface area (Å²) in [4.78, 5) is 14.7. The number of anilines is 1. The molecule has 0 aliphatic heterocycles. The number of rotatable bonds is 3. The summed E-state index contributed by atoms with van der Waals surface area (Å²) in [5.41, 5.74) is 0.208. The van der Waals surface area contributed by atoms with Gasteiger partial charge in [-0.05, 0) is 13.8 Å². The molecule has 0 unspecified atom stereocenters. The third-order valence-corrected chi connectivity index (χ3v) is 1.76. The first-order valence-electron chi connectivity index (χ1n) is 4.06. The average molecular weight is 183 g/mol. The second-order valence-corrected chi connectivity index (χ2v) is 2.99. The van der Waals surface area contributed by atoms with E-state index in [9.17, 15) is 4.79 Å². The van der Waals surface area contributed by atoms with E-state index in [1.54, 1.807) is 11.6 Å². The van der Waals surface area contributed by atoms with Crippen LogP contribution in [-0.4, -0.2) is 27.7 Å². The molecule has 13 heavy (non-hydrogen) atoms. The molecule has 2 N–H and O–H groups in total. The molecule has 1 rings (SSSR count). The van der Waals surface area contributed by atoms with E-state index in [-0.39, 0.29) is 11.7 Å². The molecule has 0 radical (unpaired) electrons. The fourth-order valence-electron chi connectivity index (χ4n) is 1.23. The smallest absolute Gasteiger partial charge is 0.354 e. The van der Waals surface area contributed by atoms with Crippen LogP contribution in [0.25, 0.3) is 0 Å². The predicted molar refractivity (Wildman–Crippen MR) is 49.1 cm³/mol. The van der Waals surface area contributed by atoms with Gasteiger partial charge in [-0.2, -0.15) is 0 Å². The van der Waals surface area contributed by atoms with Crippen molar-refractivity contribution in [1.82, 2.24) is 9.55 Å². The lowest BCUT2D eigenvalue weighted by molar-refractivity contribution is 0.0683. The Labute approximate surface area is 76.4 Å². The van der Waals surface area contributed by atoms with Crippen molar-refractivity contribution in [2.24, 2.45) is 0 Å². The van der Waals surface area contributed by atoms with Crippen LogP contribution in [-0.2, 0) is 0 Å². The van der Waals surface area contributed by atoms with Gasteiger partial charge in [0.25, 0.3) is 0 Å². The van der Waals surface area contributed by atoms with Crippen molar-refractivity contribution >= 4 is 11.9 Å². The minimum atomic E-state index is -0.956. The van der Waals surface area contributed by atoms with Crippen LogP contribution in [0, 0.1) is 0 Å². The second kappa shape index (κ2) is 3.47. The largest absolute Gasteiger partial charge is 0.477 e. The molecule has 0 aliphatic rings. The van der Waals surface area contributed by atoms with Crippen LogP contribution in [0.5, 0.6) is 0 Å². The Kier molecular flexibility index (Phi) is 2.55. The molecule has 1 aromatic heterocycles. The summed E-state index contributed by atoms with van der Waals surface area (Å²) in [6, 6.07) is 0.0797. The Bertz CT molecular complexity index is 317. The van der Waals surface area contributed by atoms with E-state index < -0.39 is 5.97 Å². The van der Waals surface area contributed by atoms with E-state index >= 15 is 0 Å². The Morgan fingerprint density at radius 3 is 2.69 bits per heavy atom. The summed E-state index contributed by atoms with van der Waals surface area (Å²) in [7, 11) is 1.72. The molecule has 0 atom stereocenters. The number of imidazole rings is 1. The predicted octanol–water partition coefficient (Wildman–Crippen LogP) is 1.20. The molecule has 1 aromatic rings. The van der Waals surface area contributed by atoms with E-state index in [0.717, 1.165) is 0 Å². The highest BCUT2D eigenvalue weighted by Gasteiger charge is 2.16. The summed E-state index contributed by atoms with van der Waals surface area (Å²) in [5.74, 6) is -0.380. The van der Waals surface area contributed by atoms with Crippen molar-refractivity contribution in [3.8, 4) is 0 Å². The first-order valence-corrected chi connectivity index (χ1v) is 4.06. The van der Waals surface area contributed by atoms with Gasteiger partial charge in [-0.25, -0.2) is 9.78 Å². The quantitative estimate of drug-likeness (QED) is 0.739. The molecule has 5 nitrogen and oxygen atoms in total. The van der Waals surface area contributed by atoms with E-state index in [2.05, 4.69) is 10.3 Å². The maximum atomic E-state index is 10.8. The Morgan fingerprint density at radius 1 is 1.69 bits per heavy atom. The van der Waals surface area contributed by atoms with E-state index in [1.807, 2.05) is 13.8 Å². The zero-order valence-electron chi connectivity index (χ0n) is 7.90. The number of nitrogens with zero attached hydrogens (tertiary/aromatic N) is 2. The average Bonchev–Trinajstić information content (AvgIpc) is 2.46. The standard InChI is InChI=1S/C8H13N3O2/c1-5(2)11-6(7(12)13)4-10-8(11)9-3/h4-5H,1-3H3,(H,9,10)(H,12,13). The van der Waals surface area contributed by atoms with E-state index in [1.165, 1.54) is 6.20 Å². The van der Waals surface area contributed by atoms with Crippen LogP contribution in [0.2, 0.25) is 0 Å². The van der Waals surface area contributed by atoms with Gasteiger partial charge in [0.1, 0.15) is 5.69 Å². The minimum absolute atomic E-state index is 0.0797. The number of nitrogens with one attached hydrogen (secondary N) is 1. The van der Waals surface area contributed by atoms with Crippen LogP contribution in [0.4, 0.5) is 5.95 Å². The fraction of sp³-hybridized carbons (Fsp3) is 0.500. The molecule has 0 saturated carbocycles. The molecule has 5 heteroatoms. The van der Waals surface area contributed by atoms with Crippen LogP contribution in [0.15, 0.2) is 6.20 Å². The molecular weight excluding hydrogens is 170 g/mol. The third-order valence-electron chi connectivity index (χ3n) is 1.76. The highest BCUT2D eigenvalue weighted by atomic mass is 16.4. The van der Waals surface area contributed by atoms with E-state index in [4.69, 9.17) is 5.11 Å². The summed E-state index contributed by atoms with van der Waals surface area (Å²) in [6.07, 6.45) is 1.36. The normalized spacial score (nSPS) is 10.5. The van der Waals surface area contributed by atoms with Crippen molar-refractivity contribution in [3.05, 3.63) is 11.9 Å². The first-order chi connectivity index (χ1) is 6.07. The summed E-state index contributed by atoms with van der Waals surface area (Å²) >= 11 is 0. The van der Waals surface area contributed by atoms with Crippen molar-refractivity contribution in [2.45, 2.75) is 19.9 Å². The molecular formula is C8H13N3O2. The monoisotopic (exact) mass is 183 g/mol. The van der Waals surface area contributed by atoms with Crippen molar-refractivity contribution in [3.63, 3.8) is 0 Å². The lowest BCUT2D eigenvalue weighted by Crippen LogP contribution is -2.12. The molecule has 0 spiro atoms. The van der Waals surface area contributed by atoms with Gasteiger partial charge in [-0.1, -0.05) is 0 Å². The molecule has 0 aromatic carbocycles. The number of carboxylic acid groups (broad SMARTS) is 1. The van der Waals surface area contributed by atoms with Crippen molar-refractivity contribution in [2.75, 3.05) is 12.4 Å². The molecule has 0 amide bonds. The van der Waals surface area contributed by atoms with Gasteiger partial charge >= 0.3 is 5.97 Å². The number of aromatic nitrogens is 2. The maximum absolute atomic E-state index is 10.8. The fourth-order valence-corrected chi connectivity index (χ4v) is 1.23. The van der Waals surface area contributed by atoms with Gasteiger partial charge in [0.2, 0.25) is 5.95 Å². The van der Waals surface area contributed by atoms with Gasteiger partial charge in [0.15, 0.2) is 0 Å². The van der Waals surface area contributed by atoms with Crippen LogP contribution >= 0.6 is 0 Å². The lowest BCUT2D eigenvalue weighted by atomic mass is 10.3. The molecule has 72 valence electrons. The highest BCUT2D eigenvalue weighted by molar-refractivity contribution is 5.86. The van der Waals surface area contributed by atoms with Crippen molar-refractivity contribution < 1.29 is 9.90 Å². The maximum Gasteiger partial charge on any atom is 0.354 e. The number of hydrogen-bond donors (Lipinski definition) is 2. The van der Waals surface area contributed by atoms with E-state index in [0.29, 0.717) is 5.95 Å². The summed E-state index contributed by atoms with van der Waals surface area (Å²) in [5, 5.41) is 11.7. The molecule has 1 heterocycles. The molecule has 0 aliphatic carbocycles.